The third-order valence-corrected chi connectivity index (χ3v) is 5.78. The van der Waals surface area contributed by atoms with Gasteiger partial charge in [-0.15, -0.1) is 0 Å². The lowest BCUT2D eigenvalue weighted by Gasteiger charge is -2.14. The Hall–Kier alpha value is -1.11. The van der Waals surface area contributed by atoms with Crippen LogP contribution in [0.2, 0.25) is 0 Å². The predicted octanol–water partition coefficient (Wildman–Crippen LogP) is 0.559. The lowest BCUT2D eigenvalue weighted by Crippen LogP contribution is -2.27. The fourth-order valence-electron chi connectivity index (χ4n) is 1.82. The topological polar surface area (TPSA) is 83.8 Å². The molecular weight excluding hydrogens is 268 g/mol. The molecule has 6 heteroatoms. The number of rotatable bonds is 6. The van der Waals surface area contributed by atoms with Gasteiger partial charge in [-0.05, 0) is 38.0 Å². The average molecular weight is 285 g/mol. The predicted molar refractivity (Wildman–Crippen MR) is 69.5 cm³/mol. The fourth-order valence-corrected chi connectivity index (χ4v) is 3.66. The van der Waals surface area contributed by atoms with E-state index in [2.05, 4.69) is 6.92 Å². The number of aliphatic hydroxyl groups is 2. The molecule has 1 saturated carbocycles. The molecule has 19 heavy (non-hydrogen) atoms. The highest BCUT2D eigenvalue weighted by Gasteiger charge is 2.54. The van der Waals surface area contributed by atoms with Crippen molar-refractivity contribution in [3.63, 3.8) is 0 Å². The molecule has 1 aliphatic rings. The SMILES string of the molecule is [CH2][C@H](O)COc1cccc(S(=O)(=O)C2(CO)CC2)c1. The van der Waals surface area contributed by atoms with Crippen LogP contribution in [-0.2, 0) is 9.84 Å². The van der Waals surface area contributed by atoms with E-state index in [9.17, 15) is 13.5 Å². The first-order chi connectivity index (χ1) is 8.91. The van der Waals surface area contributed by atoms with Crippen molar-refractivity contribution in [3.05, 3.63) is 31.2 Å². The maximum Gasteiger partial charge on any atom is 0.186 e. The van der Waals surface area contributed by atoms with Crippen molar-refractivity contribution in [1.29, 1.82) is 0 Å². The van der Waals surface area contributed by atoms with Crippen molar-refractivity contribution in [2.24, 2.45) is 0 Å². The van der Waals surface area contributed by atoms with Crippen LogP contribution in [0, 0.1) is 6.92 Å². The number of hydrogen-bond donors (Lipinski definition) is 2. The molecule has 1 atom stereocenters. The maximum atomic E-state index is 12.4. The molecule has 1 fully saturated rings. The third-order valence-electron chi connectivity index (χ3n) is 3.22. The van der Waals surface area contributed by atoms with Crippen LogP contribution in [0.15, 0.2) is 29.2 Å². The summed E-state index contributed by atoms with van der Waals surface area (Å²) >= 11 is 0. The first kappa shape index (κ1) is 14.3. The van der Waals surface area contributed by atoms with Gasteiger partial charge in [0.25, 0.3) is 0 Å². The molecule has 105 valence electrons. The molecule has 1 aliphatic carbocycles. The van der Waals surface area contributed by atoms with E-state index in [0.717, 1.165) is 0 Å². The van der Waals surface area contributed by atoms with E-state index in [4.69, 9.17) is 9.84 Å². The van der Waals surface area contributed by atoms with E-state index in [1.54, 1.807) is 12.1 Å². The second-order valence-corrected chi connectivity index (χ2v) is 7.13. The number of sulfone groups is 1. The van der Waals surface area contributed by atoms with Gasteiger partial charge in [0.1, 0.15) is 12.4 Å². The smallest absolute Gasteiger partial charge is 0.186 e. The molecule has 0 unspecified atom stereocenters. The largest absolute Gasteiger partial charge is 0.491 e. The molecule has 0 aromatic heterocycles. The highest BCUT2D eigenvalue weighted by molar-refractivity contribution is 7.93. The van der Waals surface area contributed by atoms with Crippen LogP contribution in [0.25, 0.3) is 0 Å². The Morgan fingerprint density at radius 3 is 2.63 bits per heavy atom. The molecule has 2 rings (SSSR count). The second kappa shape index (κ2) is 5.11. The zero-order valence-corrected chi connectivity index (χ0v) is 11.3. The van der Waals surface area contributed by atoms with Gasteiger partial charge in [-0.2, -0.15) is 0 Å². The van der Waals surface area contributed by atoms with Crippen molar-refractivity contribution in [2.75, 3.05) is 13.2 Å². The Labute approximate surface area is 112 Å². The van der Waals surface area contributed by atoms with E-state index in [1.807, 2.05) is 0 Å². The normalized spacial score (nSPS) is 18.9. The molecule has 0 heterocycles. The lowest BCUT2D eigenvalue weighted by molar-refractivity contribution is 0.142. The summed E-state index contributed by atoms with van der Waals surface area (Å²) in [4.78, 5) is 0.134. The Morgan fingerprint density at radius 1 is 1.42 bits per heavy atom. The summed E-state index contributed by atoms with van der Waals surface area (Å²) < 4.78 is 28.9. The number of hydrogen-bond acceptors (Lipinski definition) is 5. The van der Waals surface area contributed by atoms with E-state index >= 15 is 0 Å². The van der Waals surface area contributed by atoms with Gasteiger partial charge in [0.05, 0.1) is 22.4 Å². The minimum absolute atomic E-state index is 0.00531. The zero-order valence-electron chi connectivity index (χ0n) is 10.4. The maximum absolute atomic E-state index is 12.4. The minimum atomic E-state index is -3.55. The Kier molecular flexibility index (Phi) is 3.85. The zero-order chi connectivity index (χ0) is 14.1. The van der Waals surface area contributed by atoms with E-state index < -0.39 is 20.7 Å². The molecule has 0 saturated heterocycles. The van der Waals surface area contributed by atoms with Gasteiger partial charge in [0.15, 0.2) is 9.84 Å². The van der Waals surface area contributed by atoms with Gasteiger partial charge in [0, 0.05) is 0 Å². The summed E-state index contributed by atoms with van der Waals surface area (Å²) in [5.74, 6) is 0.359. The quantitative estimate of drug-likeness (QED) is 0.798. The number of aliphatic hydroxyl groups excluding tert-OH is 2. The number of ether oxygens (including phenoxy) is 1. The van der Waals surface area contributed by atoms with Crippen LogP contribution in [-0.4, -0.2) is 42.7 Å². The van der Waals surface area contributed by atoms with Gasteiger partial charge >= 0.3 is 0 Å². The molecule has 1 radical (unpaired) electrons. The summed E-state index contributed by atoms with van der Waals surface area (Å²) in [7, 11) is -3.55. The Balaban J connectivity index is 2.24. The average Bonchev–Trinajstić information content (AvgIpc) is 3.18. The van der Waals surface area contributed by atoms with Crippen molar-refractivity contribution in [2.45, 2.75) is 28.6 Å². The van der Waals surface area contributed by atoms with E-state index in [-0.39, 0.29) is 18.1 Å². The van der Waals surface area contributed by atoms with E-state index in [0.29, 0.717) is 18.6 Å². The van der Waals surface area contributed by atoms with Crippen LogP contribution in [0.1, 0.15) is 12.8 Å². The fraction of sp³-hybridized carbons (Fsp3) is 0.462. The summed E-state index contributed by atoms with van der Waals surface area (Å²) in [6, 6.07) is 6.08. The third kappa shape index (κ3) is 2.75. The van der Waals surface area contributed by atoms with Gasteiger partial charge in [-0.25, -0.2) is 8.42 Å². The molecular formula is C13H17O5S. The Bertz CT molecular complexity index is 546. The summed E-state index contributed by atoms with van der Waals surface area (Å²) in [5, 5.41) is 18.3. The van der Waals surface area contributed by atoms with Crippen LogP contribution in [0.4, 0.5) is 0 Å². The van der Waals surface area contributed by atoms with Gasteiger partial charge in [-0.1, -0.05) is 6.07 Å². The van der Waals surface area contributed by atoms with Crippen molar-refractivity contribution >= 4 is 9.84 Å². The molecule has 0 spiro atoms. The molecule has 1 aromatic carbocycles. The second-order valence-electron chi connectivity index (χ2n) is 4.78. The monoisotopic (exact) mass is 285 g/mol. The van der Waals surface area contributed by atoms with Crippen LogP contribution in [0.5, 0.6) is 5.75 Å². The van der Waals surface area contributed by atoms with Crippen LogP contribution in [0.3, 0.4) is 0 Å². The standard InChI is InChI=1S/C13H17O5S/c1-10(15)8-18-11-3-2-4-12(7-11)19(16,17)13(9-14)5-6-13/h2-4,7,10,14-15H,1,5-6,8-9H2/t10-/m0/s1. The van der Waals surface area contributed by atoms with Gasteiger partial charge < -0.3 is 14.9 Å². The minimum Gasteiger partial charge on any atom is -0.491 e. The number of benzene rings is 1. The highest BCUT2D eigenvalue weighted by Crippen LogP contribution is 2.46. The Morgan fingerprint density at radius 2 is 2.11 bits per heavy atom. The van der Waals surface area contributed by atoms with Crippen molar-refractivity contribution < 1.29 is 23.4 Å². The van der Waals surface area contributed by atoms with Gasteiger partial charge in [0.2, 0.25) is 0 Å². The lowest BCUT2D eigenvalue weighted by atomic mass is 10.3. The first-order valence-corrected chi connectivity index (χ1v) is 7.49. The van der Waals surface area contributed by atoms with Crippen molar-refractivity contribution in [3.8, 4) is 5.75 Å². The molecule has 5 nitrogen and oxygen atoms in total. The van der Waals surface area contributed by atoms with Crippen molar-refractivity contribution in [1.82, 2.24) is 0 Å². The van der Waals surface area contributed by atoms with Crippen LogP contribution < -0.4 is 4.74 Å². The molecule has 0 aliphatic heterocycles. The molecule has 1 aromatic rings. The summed E-state index contributed by atoms with van der Waals surface area (Å²) in [6.07, 6.45) is 0.0933. The van der Waals surface area contributed by atoms with E-state index in [1.165, 1.54) is 12.1 Å². The molecule has 0 amide bonds. The summed E-state index contributed by atoms with van der Waals surface area (Å²) in [6.45, 7) is 3.00. The summed E-state index contributed by atoms with van der Waals surface area (Å²) in [5.41, 5.74) is 0. The van der Waals surface area contributed by atoms with Gasteiger partial charge in [-0.3, -0.25) is 0 Å². The first-order valence-electron chi connectivity index (χ1n) is 6.01. The molecule has 0 bridgehead atoms. The highest BCUT2D eigenvalue weighted by atomic mass is 32.2. The van der Waals surface area contributed by atoms with Crippen LogP contribution >= 0.6 is 0 Å². The molecule has 2 N–H and O–H groups in total.